The number of thioether (sulfide) groups is 1. The van der Waals surface area contributed by atoms with E-state index in [1.165, 1.54) is 39.9 Å². The number of hydrogen-bond acceptors (Lipinski definition) is 18. The average molecular weight is 1640 g/mol. The van der Waals surface area contributed by atoms with E-state index in [-0.39, 0.29) is 60.0 Å². The van der Waals surface area contributed by atoms with Crippen LogP contribution in [0.1, 0.15) is 171 Å². The predicted octanol–water partition coefficient (Wildman–Crippen LogP) is 14.0. The van der Waals surface area contributed by atoms with Gasteiger partial charge in [-0.05, 0) is 152 Å². The van der Waals surface area contributed by atoms with Crippen molar-refractivity contribution in [2.45, 2.75) is 195 Å². The summed E-state index contributed by atoms with van der Waals surface area (Å²) in [5, 5.41) is 23.7. The number of unbranched alkanes of at least 4 members (excludes halogenated alkanes) is 8. The number of thiazole rings is 1. The fraction of sp³-hybridized carbons (Fsp3) is 0.518. The normalized spacial score (nSPS) is 19.1. The molecule has 608 valence electrons. The van der Waals surface area contributed by atoms with Crippen LogP contribution in [0.3, 0.4) is 0 Å². The van der Waals surface area contributed by atoms with Crippen LogP contribution in [0.4, 0.5) is 24.5 Å². The molecule has 6 N–H and O–H groups in total. The van der Waals surface area contributed by atoms with E-state index in [0.717, 1.165) is 127 Å². The molecule has 6 unspecified atom stereocenters. The van der Waals surface area contributed by atoms with Crippen molar-refractivity contribution < 1.29 is 63.8 Å². The van der Waals surface area contributed by atoms with Crippen molar-refractivity contribution >= 4 is 101 Å². The highest BCUT2D eigenvalue weighted by molar-refractivity contribution is 7.99. The highest BCUT2D eigenvalue weighted by Crippen LogP contribution is 2.44. The van der Waals surface area contributed by atoms with E-state index in [2.05, 4.69) is 60.0 Å². The molecule has 1 aromatic heterocycles. The Kier molecular flexibility index (Phi) is 30.9. The number of carbonyl (C=O) groups is 5. The Morgan fingerprint density at radius 1 is 0.768 bits per heavy atom. The number of anilines is 2. The summed E-state index contributed by atoms with van der Waals surface area (Å²) in [7, 11) is -11.0. The summed E-state index contributed by atoms with van der Waals surface area (Å²) in [4.78, 5) is 80.7. The highest BCUT2D eigenvalue weighted by Gasteiger charge is 2.49. The number of aryl methyl sites for hydroxylation is 1. The van der Waals surface area contributed by atoms with Gasteiger partial charge in [-0.3, -0.25) is 33.8 Å². The topological polar surface area (TPSA) is 269 Å². The lowest BCUT2D eigenvalue weighted by molar-refractivity contribution is -0.144. The molecular formula is C83H108ClF3N10O11S4. The van der Waals surface area contributed by atoms with Gasteiger partial charge in [0.05, 0.1) is 52.0 Å². The first-order chi connectivity index (χ1) is 53.3. The molecule has 5 amide bonds. The number of halogens is 4. The number of nitrogens with one attached hydrogen (secondary N) is 5. The molecule has 29 heteroatoms. The molecule has 6 atom stereocenters. The number of likely N-dealkylation sites (tertiary alicyclic amines) is 1. The molecule has 4 heterocycles. The predicted molar refractivity (Wildman–Crippen MR) is 436 cm³/mol. The van der Waals surface area contributed by atoms with Crippen molar-refractivity contribution in [2.75, 3.05) is 94.6 Å². The Labute approximate surface area is 671 Å². The Morgan fingerprint density at radius 3 is 2.03 bits per heavy atom. The molecule has 4 aliphatic rings. The number of benzene rings is 5. The van der Waals surface area contributed by atoms with Crippen LogP contribution < -0.4 is 30.9 Å². The summed E-state index contributed by atoms with van der Waals surface area (Å²) >= 11 is 9.37. The zero-order valence-electron chi connectivity index (χ0n) is 64.9. The minimum atomic E-state index is -6.11. The first-order valence-corrected chi connectivity index (χ1v) is 44.2. The van der Waals surface area contributed by atoms with Crippen LogP contribution in [0.2, 0.25) is 5.02 Å². The van der Waals surface area contributed by atoms with Gasteiger partial charge in [-0.25, -0.2) is 26.5 Å². The maximum atomic E-state index is 14.4. The third-order valence-corrected chi connectivity index (χ3v) is 26.9. The lowest BCUT2D eigenvalue weighted by atomic mass is 9.71. The molecule has 1 aliphatic carbocycles. The average Bonchev–Trinajstić information content (AvgIpc) is 0.879. The van der Waals surface area contributed by atoms with Crippen LogP contribution in [0.5, 0.6) is 0 Å². The van der Waals surface area contributed by atoms with Gasteiger partial charge in [0.25, 0.3) is 25.8 Å². The summed E-state index contributed by atoms with van der Waals surface area (Å²) in [6.07, 6.45) is 11.3. The molecule has 112 heavy (non-hydrogen) atoms. The second kappa shape index (κ2) is 39.8. The fourth-order valence-corrected chi connectivity index (χ4v) is 19.0. The van der Waals surface area contributed by atoms with Crippen LogP contribution in [-0.2, 0) is 43.8 Å². The molecule has 0 saturated carbocycles. The number of sulfonamides is 1. The molecule has 0 bridgehead atoms. The summed E-state index contributed by atoms with van der Waals surface area (Å²) in [5.74, 6) is -1.64. The first-order valence-electron chi connectivity index (χ1n) is 39.0. The number of rotatable bonds is 36. The van der Waals surface area contributed by atoms with Gasteiger partial charge in [-0.1, -0.05) is 144 Å². The van der Waals surface area contributed by atoms with Gasteiger partial charge in [-0.2, -0.15) is 13.2 Å². The molecule has 3 aliphatic heterocycles. The van der Waals surface area contributed by atoms with Gasteiger partial charge in [0.1, 0.15) is 17.0 Å². The van der Waals surface area contributed by atoms with Crippen molar-refractivity contribution in [3.63, 3.8) is 0 Å². The number of aliphatic hydroxyl groups excluding tert-OH is 1. The van der Waals surface area contributed by atoms with Gasteiger partial charge >= 0.3 is 5.51 Å². The summed E-state index contributed by atoms with van der Waals surface area (Å²) in [5.41, 5.74) is 2.13. The maximum Gasteiger partial charge on any atom is 0.501 e. The van der Waals surface area contributed by atoms with E-state index in [0.29, 0.717) is 102 Å². The molecule has 3 saturated heterocycles. The number of carbonyl (C=O) groups excluding carboxylic acids is 5. The molecule has 21 nitrogen and oxygen atoms in total. The number of amides is 5. The monoisotopic (exact) mass is 1640 g/mol. The Balaban J connectivity index is 0.632. The lowest BCUT2D eigenvalue weighted by Gasteiger charge is -2.41. The standard InChI is InChI=1S/C83H108ClF3N10O11S4/c1-57(59-23-25-61(26-24-59)76-58(2)89-56-110-76)90-79(102)72-49-67(98)53-97(72)80(103)77(81(3,4)5)92-75(100)22-18-13-11-9-7-8-10-12-17-21-74(99)88-55-82(6)39-37-70(60-27-31-64(84)32-28-60)63(51-82)52-95-41-43-96(44-42-95)66-33-29-62(30-34-66)78(101)93-112(106,107)69-35-36-71(73(50-69)111(104,105)83(85,86)87)91-65(38-40-94-45-47-108-48-46-94)54-109-68-19-15-14-16-20-68/h14-16,19-20,23-36,50,56-57,65,67,72,77,91,98H,7-13,17-18,21-22,37-49,51-55H2,1-6H3,(H,88,99)(H,90,102)(H,92,100)(H,93,101). The van der Waals surface area contributed by atoms with Crippen LogP contribution in [0.25, 0.3) is 16.0 Å². The number of aromatic nitrogens is 1. The summed E-state index contributed by atoms with van der Waals surface area (Å²) in [6, 6.07) is 31.3. The van der Waals surface area contributed by atoms with E-state index in [4.69, 9.17) is 16.3 Å². The molecule has 3 fully saturated rings. The van der Waals surface area contributed by atoms with Crippen molar-refractivity contribution in [1.82, 2.24) is 40.4 Å². The van der Waals surface area contributed by atoms with E-state index in [1.54, 1.807) is 23.5 Å². The van der Waals surface area contributed by atoms with Crippen LogP contribution >= 0.6 is 34.7 Å². The number of β-amino-alcohol motifs (C(OH)–C–C–N with tert-alkyl or cyclic N) is 1. The summed E-state index contributed by atoms with van der Waals surface area (Å²) < 4.78 is 105. The highest BCUT2D eigenvalue weighted by atomic mass is 35.5. The van der Waals surface area contributed by atoms with Crippen molar-refractivity contribution in [1.29, 1.82) is 0 Å². The second-order valence-corrected chi connectivity index (χ2v) is 37.5. The number of sulfone groups is 1. The van der Waals surface area contributed by atoms with E-state index < -0.39 is 76.4 Å². The van der Waals surface area contributed by atoms with Crippen molar-refractivity contribution in [3.8, 4) is 10.4 Å². The molecule has 0 spiro atoms. The number of hydrogen-bond donors (Lipinski definition) is 6. The van der Waals surface area contributed by atoms with Gasteiger partial charge in [-0.15, -0.1) is 23.1 Å². The van der Waals surface area contributed by atoms with Crippen LogP contribution in [0.15, 0.2) is 147 Å². The number of alkyl halides is 3. The van der Waals surface area contributed by atoms with Crippen LogP contribution in [0, 0.1) is 17.8 Å². The molecule has 5 aromatic carbocycles. The van der Waals surface area contributed by atoms with Gasteiger partial charge < -0.3 is 40.9 Å². The zero-order valence-corrected chi connectivity index (χ0v) is 68.9. The molecule has 0 radical (unpaired) electrons. The SMILES string of the molecule is Cc1ncsc1-c1ccc(C(C)NC(=O)C2CC(O)CN2C(=O)C(NC(=O)CCCCCCCCCCCC(=O)NCC2(C)CCC(c3ccc(Cl)cc3)=C(CN3CCN(c4ccc(C(=O)NS(=O)(=O)c5ccc(NC(CCN6CCOCC6)CSc6ccccc6)c(S(=O)(=O)C(F)(F)F)c5)cc4)CC3)C2)C(C)(C)C)cc1. The molecule has 10 rings (SSSR count). The minimum Gasteiger partial charge on any atom is -0.391 e. The number of aliphatic hydroxyl groups is 1. The fourth-order valence-electron chi connectivity index (χ4n) is 15.0. The minimum absolute atomic E-state index is 0.000158. The van der Waals surface area contributed by atoms with Gasteiger partial charge in [0.2, 0.25) is 23.6 Å². The first kappa shape index (κ1) is 87.0. The summed E-state index contributed by atoms with van der Waals surface area (Å²) in [6.45, 7) is 18.6. The Hall–Kier alpha value is -7.41. The van der Waals surface area contributed by atoms with Crippen molar-refractivity contribution in [3.05, 3.63) is 160 Å². The molecule has 6 aromatic rings. The zero-order chi connectivity index (χ0) is 80.4. The smallest absolute Gasteiger partial charge is 0.391 e. The van der Waals surface area contributed by atoms with E-state index in [9.17, 15) is 59.1 Å². The maximum absolute atomic E-state index is 14.4. The quantitative estimate of drug-likeness (QED) is 0.0158. The Morgan fingerprint density at radius 2 is 1.40 bits per heavy atom. The van der Waals surface area contributed by atoms with E-state index in [1.807, 2.05) is 112 Å². The number of nitrogens with zero attached hydrogens (tertiary/aromatic N) is 5. The lowest BCUT2D eigenvalue weighted by Crippen LogP contribution is -2.57. The number of morpholine rings is 1. The number of allylic oxidation sites excluding steroid dienone is 1. The third-order valence-electron chi connectivity index (χ3n) is 21.6. The number of ether oxygens (including phenoxy) is 1. The molecular weight excluding hydrogens is 1530 g/mol. The second-order valence-electron chi connectivity index (χ2n) is 31.5. The third kappa shape index (κ3) is 24.3. The van der Waals surface area contributed by atoms with Crippen LogP contribution in [-0.4, -0.2) is 185 Å². The van der Waals surface area contributed by atoms with Gasteiger partial charge in [0.15, 0.2) is 0 Å². The van der Waals surface area contributed by atoms with Crippen molar-refractivity contribution in [2.24, 2.45) is 10.8 Å². The number of piperazine rings is 1. The van der Waals surface area contributed by atoms with Gasteiger partial charge in [0, 0.05) is 118 Å². The largest absolute Gasteiger partial charge is 0.501 e. The van der Waals surface area contributed by atoms with E-state index >= 15 is 0 Å². The Bertz CT molecular complexity index is 4430.